The molecule has 0 saturated carbocycles. The van der Waals surface area contributed by atoms with Crippen LogP contribution < -0.4 is 10.1 Å². The number of hydrogen-bond donors (Lipinski definition) is 1. The van der Waals surface area contributed by atoms with E-state index in [2.05, 4.69) is 20.4 Å². The molecule has 0 spiro atoms. The van der Waals surface area contributed by atoms with E-state index in [9.17, 15) is 4.79 Å². The summed E-state index contributed by atoms with van der Waals surface area (Å²) in [7, 11) is 1.57. The van der Waals surface area contributed by atoms with E-state index in [0.29, 0.717) is 16.6 Å². The van der Waals surface area contributed by atoms with Crippen molar-refractivity contribution in [2.75, 3.05) is 12.4 Å². The maximum atomic E-state index is 12.4. The number of fused-ring (bicyclic) bond motifs is 1. The SMILES string of the molecule is COc1nc2ccc(NC(=O)c3cc(-c4ccncc4)on3)cc2s1. The number of carbonyl (C=O) groups excluding carboxylic acids is 1. The van der Waals surface area contributed by atoms with Crippen molar-refractivity contribution in [3.63, 3.8) is 0 Å². The number of anilines is 1. The lowest BCUT2D eigenvalue weighted by atomic mass is 10.2. The highest BCUT2D eigenvalue weighted by Crippen LogP contribution is 2.29. The highest BCUT2D eigenvalue weighted by atomic mass is 32.1. The van der Waals surface area contributed by atoms with Gasteiger partial charge in [0.1, 0.15) is 0 Å². The van der Waals surface area contributed by atoms with E-state index in [4.69, 9.17) is 9.26 Å². The number of aromatic nitrogens is 3. The fraction of sp³-hybridized carbons (Fsp3) is 0.0588. The van der Waals surface area contributed by atoms with Crippen molar-refractivity contribution < 1.29 is 14.1 Å². The molecule has 4 rings (SSSR count). The summed E-state index contributed by atoms with van der Waals surface area (Å²) in [5.74, 6) is 0.162. The van der Waals surface area contributed by atoms with Gasteiger partial charge in [0.05, 0.1) is 17.3 Å². The molecule has 7 nitrogen and oxygen atoms in total. The highest BCUT2D eigenvalue weighted by Gasteiger charge is 2.14. The van der Waals surface area contributed by atoms with E-state index in [1.165, 1.54) is 11.3 Å². The Hall–Kier alpha value is -3.26. The van der Waals surface area contributed by atoms with Crippen LogP contribution in [0, 0.1) is 0 Å². The van der Waals surface area contributed by atoms with Gasteiger partial charge < -0.3 is 14.6 Å². The molecule has 25 heavy (non-hydrogen) atoms. The Morgan fingerprint density at radius 1 is 1.20 bits per heavy atom. The Bertz CT molecular complexity index is 1040. The fourth-order valence-electron chi connectivity index (χ4n) is 2.30. The van der Waals surface area contributed by atoms with Crippen LogP contribution in [0.4, 0.5) is 5.69 Å². The lowest BCUT2D eigenvalue weighted by Gasteiger charge is -2.01. The molecule has 1 N–H and O–H groups in total. The van der Waals surface area contributed by atoms with Gasteiger partial charge in [-0.2, -0.15) is 0 Å². The summed E-state index contributed by atoms with van der Waals surface area (Å²) in [6, 6.07) is 10.6. The van der Waals surface area contributed by atoms with Gasteiger partial charge >= 0.3 is 0 Å². The zero-order valence-electron chi connectivity index (χ0n) is 13.1. The minimum absolute atomic E-state index is 0.203. The molecule has 4 aromatic rings. The Morgan fingerprint density at radius 2 is 2.04 bits per heavy atom. The van der Waals surface area contributed by atoms with Crippen LogP contribution in [0.15, 0.2) is 53.3 Å². The highest BCUT2D eigenvalue weighted by molar-refractivity contribution is 7.20. The number of hydrogen-bond acceptors (Lipinski definition) is 7. The van der Waals surface area contributed by atoms with E-state index in [1.807, 2.05) is 12.1 Å². The van der Waals surface area contributed by atoms with Crippen LogP contribution in [-0.4, -0.2) is 28.1 Å². The van der Waals surface area contributed by atoms with E-state index in [-0.39, 0.29) is 11.6 Å². The monoisotopic (exact) mass is 352 g/mol. The second-order valence-corrected chi connectivity index (χ2v) is 6.13. The van der Waals surface area contributed by atoms with Gasteiger partial charge in [-0.25, -0.2) is 4.98 Å². The van der Waals surface area contributed by atoms with E-state index < -0.39 is 0 Å². The molecule has 0 radical (unpaired) electrons. The molecule has 124 valence electrons. The van der Waals surface area contributed by atoms with Gasteiger partial charge in [-0.05, 0) is 30.3 Å². The summed E-state index contributed by atoms with van der Waals surface area (Å²) in [5, 5.41) is 7.22. The average Bonchev–Trinajstić information content (AvgIpc) is 3.29. The van der Waals surface area contributed by atoms with Gasteiger partial charge in [-0.1, -0.05) is 16.5 Å². The summed E-state index contributed by atoms with van der Waals surface area (Å²) in [6.07, 6.45) is 3.30. The van der Waals surface area contributed by atoms with Crippen LogP contribution in [-0.2, 0) is 0 Å². The number of thiazole rings is 1. The molecule has 8 heteroatoms. The number of ether oxygens (including phenoxy) is 1. The van der Waals surface area contributed by atoms with Crippen molar-refractivity contribution >= 4 is 33.1 Å². The molecule has 0 unspecified atom stereocenters. The van der Waals surface area contributed by atoms with Crippen molar-refractivity contribution in [1.82, 2.24) is 15.1 Å². The van der Waals surface area contributed by atoms with Crippen molar-refractivity contribution in [3.05, 3.63) is 54.5 Å². The minimum Gasteiger partial charge on any atom is -0.473 e. The number of nitrogens with zero attached hydrogens (tertiary/aromatic N) is 3. The number of benzene rings is 1. The topological polar surface area (TPSA) is 90.1 Å². The molecule has 3 heterocycles. The first-order valence-electron chi connectivity index (χ1n) is 7.36. The van der Waals surface area contributed by atoms with Gasteiger partial charge in [0.25, 0.3) is 11.1 Å². The van der Waals surface area contributed by atoms with Crippen LogP contribution >= 0.6 is 11.3 Å². The molecule has 1 amide bonds. The third kappa shape index (κ3) is 3.07. The Balaban J connectivity index is 1.55. The predicted molar refractivity (Wildman–Crippen MR) is 93.9 cm³/mol. The fourth-order valence-corrected chi connectivity index (χ4v) is 3.12. The first-order valence-corrected chi connectivity index (χ1v) is 8.17. The molecule has 0 aliphatic carbocycles. The molecular formula is C17H12N4O3S. The third-order valence-electron chi connectivity index (χ3n) is 3.51. The predicted octanol–water partition coefficient (Wildman–Crippen LogP) is 3.61. The summed E-state index contributed by atoms with van der Waals surface area (Å²) >= 11 is 1.41. The molecule has 0 saturated heterocycles. The first kappa shape index (κ1) is 15.3. The summed E-state index contributed by atoms with van der Waals surface area (Å²) in [5.41, 5.74) is 2.48. The molecule has 0 aliphatic rings. The van der Waals surface area contributed by atoms with Crippen molar-refractivity contribution in [3.8, 4) is 16.5 Å². The van der Waals surface area contributed by atoms with Gasteiger partial charge in [-0.3, -0.25) is 9.78 Å². The van der Waals surface area contributed by atoms with Crippen LogP contribution in [0.1, 0.15) is 10.5 Å². The molecule has 0 atom stereocenters. The smallest absolute Gasteiger partial charge is 0.277 e. The molecule has 1 aromatic carbocycles. The van der Waals surface area contributed by atoms with Gasteiger partial charge in [0.2, 0.25) is 0 Å². The number of nitrogens with one attached hydrogen (secondary N) is 1. The second kappa shape index (κ2) is 6.33. The standard InChI is InChI=1S/C17H12N4O3S/c1-23-17-20-12-3-2-11(8-15(12)25-17)19-16(22)13-9-14(24-21-13)10-4-6-18-7-5-10/h2-9H,1H3,(H,19,22). The number of carbonyl (C=O) groups is 1. The second-order valence-electron chi connectivity index (χ2n) is 5.13. The number of rotatable bonds is 4. The van der Waals surface area contributed by atoms with Crippen LogP contribution in [0.2, 0.25) is 0 Å². The quantitative estimate of drug-likeness (QED) is 0.603. The number of pyridine rings is 1. The summed E-state index contributed by atoms with van der Waals surface area (Å²) < 4.78 is 11.3. The Labute approximate surface area is 146 Å². The van der Waals surface area contributed by atoms with Gasteiger partial charge in [0.15, 0.2) is 11.5 Å². The third-order valence-corrected chi connectivity index (χ3v) is 4.49. The van der Waals surface area contributed by atoms with Gasteiger partial charge in [0, 0.05) is 29.7 Å². The van der Waals surface area contributed by atoms with Crippen LogP contribution in [0.3, 0.4) is 0 Å². The number of amides is 1. The maximum Gasteiger partial charge on any atom is 0.277 e. The van der Waals surface area contributed by atoms with E-state index >= 15 is 0 Å². The number of methoxy groups -OCH3 is 1. The van der Waals surface area contributed by atoms with Crippen LogP contribution in [0.5, 0.6) is 5.19 Å². The maximum absolute atomic E-state index is 12.4. The molecule has 0 aliphatic heterocycles. The molecule has 0 bridgehead atoms. The lowest BCUT2D eigenvalue weighted by Crippen LogP contribution is -2.11. The zero-order chi connectivity index (χ0) is 17.2. The molecule has 0 fully saturated rings. The Kier molecular flexibility index (Phi) is 3.87. The first-order chi connectivity index (χ1) is 12.2. The van der Waals surface area contributed by atoms with Crippen molar-refractivity contribution in [1.29, 1.82) is 0 Å². The summed E-state index contributed by atoms with van der Waals surface area (Å²) in [6.45, 7) is 0. The average molecular weight is 352 g/mol. The van der Waals surface area contributed by atoms with Crippen LogP contribution in [0.25, 0.3) is 21.5 Å². The minimum atomic E-state index is -0.347. The normalized spacial score (nSPS) is 10.8. The Morgan fingerprint density at radius 3 is 2.84 bits per heavy atom. The van der Waals surface area contributed by atoms with E-state index in [1.54, 1.807) is 43.8 Å². The molecule has 3 aromatic heterocycles. The zero-order valence-corrected chi connectivity index (χ0v) is 13.9. The van der Waals surface area contributed by atoms with E-state index in [0.717, 1.165) is 15.8 Å². The van der Waals surface area contributed by atoms with Crippen molar-refractivity contribution in [2.45, 2.75) is 0 Å². The molecular weight excluding hydrogens is 340 g/mol. The lowest BCUT2D eigenvalue weighted by molar-refractivity contribution is 0.101. The van der Waals surface area contributed by atoms with Gasteiger partial charge in [-0.15, -0.1) is 0 Å². The summed E-state index contributed by atoms with van der Waals surface area (Å²) in [4.78, 5) is 20.6. The largest absolute Gasteiger partial charge is 0.473 e. The van der Waals surface area contributed by atoms with Crippen molar-refractivity contribution in [2.24, 2.45) is 0 Å².